The minimum atomic E-state index is -0.243. The Bertz CT molecular complexity index is 522. The fourth-order valence-corrected chi connectivity index (χ4v) is 3.25. The van der Waals surface area contributed by atoms with Crippen LogP contribution in [0.4, 0.5) is 0 Å². The summed E-state index contributed by atoms with van der Waals surface area (Å²) in [6.45, 7) is 2.58. The average molecular weight is 272 g/mol. The molecule has 1 aromatic rings. The summed E-state index contributed by atoms with van der Waals surface area (Å²) in [6, 6.07) is 6.16. The van der Waals surface area contributed by atoms with Crippen LogP contribution >= 0.6 is 0 Å². The van der Waals surface area contributed by atoms with Crippen LogP contribution in [0.25, 0.3) is 0 Å². The van der Waals surface area contributed by atoms with Crippen LogP contribution < -0.4 is 11.1 Å². The van der Waals surface area contributed by atoms with Gasteiger partial charge in [0.25, 0.3) is 5.91 Å². The Kier molecular flexibility index (Phi) is 3.55. The van der Waals surface area contributed by atoms with Gasteiger partial charge in [0.15, 0.2) is 0 Å². The van der Waals surface area contributed by atoms with E-state index in [1.165, 1.54) is 36.8 Å². The molecule has 0 heterocycles. The third kappa shape index (κ3) is 2.59. The van der Waals surface area contributed by atoms with Gasteiger partial charge in [-0.2, -0.15) is 0 Å². The van der Waals surface area contributed by atoms with Crippen molar-refractivity contribution in [1.82, 2.24) is 5.32 Å². The summed E-state index contributed by atoms with van der Waals surface area (Å²) in [6.07, 6.45) is 7.12. The van der Waals surface area contributed by atoms with Crippen LogP contribution in [0.3, 0.4) is 0 Å². The first-order chi connectivity index (χ1) is 9.62. The maximum absolute atomic E-state index is 12.5. The molecule has 0 saturated heterocycles. The van der Waals surface area contributed by atoms with E-state index >= 15 is 0 Å². The molecule has 1 unspecified atom stereocenters. The van der Waals surface area contributed by atoms with Crippen LogP contribution in [0.5, 0.6) is 0 Å². The number of nitrogens with one attached hydrogen (secondary N) is 1. The molecule has 2 aliphatic rings. The molecule has 1 amide bonds. The van der Waals surface area contributed by atoms with Crippen LogP contribution in [0, 0.1) is 5.92 Å². The standard InChI is InChI=1S/C17H24N2O/c1-17(11-18,15-8-9-15)19-16(20)14-7-6-12-4-2-3-5-13(12)10-14/h6-7,10,15H,2-5,8-9,11,18H2,1H3,(H,19,20). The molecule has 0 aromatic heterocycles. The van der Waals surface area contributed by atoms with Gasteiger partial charge in [-0.3, -0.25) is 4.79 Å². The Morgan fingerprint density at radius 2 is 2.00 bits per heavy atom. The van der Waals surface area contributed by atoms with Crippen LogP contribution in [0.2, 0.25) is 0 Å². The van der Waals surface area contributed by atoms with Gasteiger partial charge < -0.3 is 11.1 Å². The van der Waals surface area contributed by atoms with E-state index in [0.717, 1.165) is 18.4 Å². The molecule has 20 heavy (non-hydrogen) atoms. The highest BCUT2D eigenvalue weighted by Crippen LogP contribution is 2.39. The first kappa shape index (κ1) is 13.6. The fraction of sp³-hybridized carbons (Fsp3) is 0.588. The predicted molar refractivity (Wildman–Crippen MR) is 80.7 cm³/mol. The van der Waals surface area contributed by atoms with Crippen LogP contribution in [0.15, 0.2) is 18.2 Å². The number of hydrogen-bond donors (Lipinski definition) is 2. The van der Waals surface area contributed by atoms with Gasteiger partial charge in [0, 0.05) is 12.1 Å². The quantitative estimate of drug-likeness (QED) is 0.884. The Morgan fingerprint density at radius 3 is 2.65 bits per heavy atom. The number of nitrogens with two attached hydrogens (primary N) is 1. The third-order valence-corrected chi connectivity index (χ3v) is 4.91. The summed E-state index contributed by atoms with van der Waals surface area (Å²) in [5.74, 6) is 0.576. The molecule has 0 aliphatic heterocycles. The second kappa shape index (κ2) is 5.21. The first-order valence-electron chi connectivity index (χ1n) is 7.77. The van der Waals surface area contributed by atoms with Gasteiger partial charge in [0.05, 0.1) is 5.54 Å². The molecule has 3 nitrogen and oxygen atoms in total. The normalized spacial score (nSPS) is 20.9. The first-order valence-corrected chi connectivity index (χ1v) is 7.77. The van der Waals surface area contributed by atoms with Crippen molar-refractivity contribution in [2.24, 2.45) is 11.7 Å². The Hall–Kier alpha value is -1.35. The van der Waals surface area contributed by atoms with Crippen LogP contribution in [0.1, 0.15) is 54.1 Å². The molecule has 0 bridgehead atoms. The van der Waals surface area contributed by atoms with E-state index in [1.54, 1.807) is 0 Å². The summed E-state index contributed by atoms with van der Waals surface area (Å²) in [4.78, 5) is 12.5. The largest absolute Gasteiger partial charge is 0.345 e. The van der Waals surface area contributed by atoms with Gasteiger partial charge in [-0.05, 0) is 74.6 Å². The summed E-state index contributed by atoms with van der Waals surface area (Å²) in [5.41, 5.74) is 9.18. The molecule has 3 heteroatoms. The van der Waals surface area contributed by atoms with E-state index < -0.39 is 0 Å². The molecular weight excluding hydrogens is 248 g/mol. The lowest BCUT2D eigenvalue weighted by Gasteiger charge is -2.29. The van der Waals surface area contributed by atoms with Gasteiger partial charge in [-0.25, -0.2) is 0 Å². The maximum Gasteiger partial charge on any atom is 0.251 e. The summed E-state index contributed by atoms with van der Waals surface area (Å²) in [5, 5.41) is 3.16. The average Bonchev–Trinajstić information content (AvgIpc) is 3.31. The second-order valence-electron chi connectivity index (χ2n) is 6.54. The van der Waals surface area contributed by atoms with E-state index in [1.807, 2.05) is 6.07 Å². The van der Waals surface area contributed by atoms with Gasteiger partial charge >= 0.3 is 0 Å². The minimum absolute atomic E-state index is 0.0261. The Balaban J connectivity index is 1.76. The molecule has 1 aromatic carbocycles. The lowest BCUT2D eigenvalue weighted by atomic mass is 9.90. The van der Waals surface area contributed by atoms with Crippen molar-refractivity contribution in [2.75, 3.05) is 6.54 Å². The van der Waals surface area contributed by atoms with Gasteiger partial charge in [0.2, 0.25) is 0 Å². The van der Waals surface area contributed by atoms with Crippen LogP contribution in [-0.2, 0) is 12.8 Å². The molecule has 3 N–H and O–H groups in total. The number of fused-ring (bicyclic) bond motifs is 1. The molecule has 1 atom stereocenters. The monoisotopic (exact) mass is 272 g/mol. The highest BCUT2D eigenvalue weighted by Gasteiger charge is 2.41. The number of rotatable bonds is 4. The zero-order chi connectivity index (χ0) is 14.2. The summed E-state index contributed by atoms with van der Waals surface area (Å²) >= 11 is 0. The van der Waals surface area contributed by atoms with Crippen molar-refractivity contribution >= 4 is 5.91 Å². The number of carbonyl (C=O) groups is 1. The highest BCUT2D eigenvalue weighted by molar-refractivity contribution is 5.95. The minimum Gasteiger partial charge on any atom is -0.345 e. The number of amides is 1. The van der Waals surface area contributed by atoms with Gasteiger partial charge in [0.1, 0.15) is 0 Å². The van der Waals surface area contributed by atoms with Crippen molar-refractivity contribution < 1.29 is 4.79 Å². The topological polar surface area (TPSA) is 55.1 Å². The molecule has 0 radical (unpaired) electrons. The van der Waals surface area contributed by atoms with E-state index in [9.17, 15) is 4.79 Å². The van der Waals surface area contributed by atoms with Crippen molar-refractivity contribution in [3.8, 4) is 0 Å². The van der Waals surface area contributed by atoms with Gasteiger partial charge in [-0.15, -0.1) is 0 Å². The zero-order valence-electron chi connectivity index (χ0n) is 12.2. The molecule has 2 aliphatic carbocycles. The molecule has 108 valence electrons. The Labute approximate surface area is 120 Å². The van der Waals surface area contributed by atoms with Crippen molar-refractivity contribution in [3.05, 3.63) is 34.9 Å². The van der Waals surface area contributed by atoms with Crippen molar-refractivity contribution in [2.45, 2.75) is 51.0 Å². The molecule has 1 saturated carbocycles. The number of benzene rings is 1. The summed E-state index contributed by atoms with van der Waals surface area (Å²) in [7, 11) is 0. The Morgan fingerprint density at radius 1 is 1.30 bits per heavy atom. The lowest BCUT2D eigenvalue weighted by Crippen LogP contribution is -2.53. The van der Waals surface area contributed by atoms with E-state index in [2.05, 4.69) is 24.4 Å². The SMILES string of the molecule is CC(CN)(NC(=O)c1ccc2c(c1)CCCC2)C1CC1. The number of hydrogen-bond acceptors (Lipinski definition) is 2. The number of carbonyl (C=O) groups excluding carboxylic acids is 1. The fourth-order valence-electron chi connectivity index (χ4n) is 3.25. The molecule has 3 rings (SSSR count). The van der Waals surface area contributed by atoms with E-state index in [0.29, 0.717) is 12.5 Å². The van der Waals surface area contributed by atoms with Crippen molar-refractivity contribution in [3.63, 3.8) is 0 Å². The molecular formula is C17H24N2O. The van der Waals surface area contributed by atoms with Crippen LogP contribution in [-0.4, -0.2) is 18.0 Å². The number of aryl methyl sites for hydroxylation is 2. The lowest BCUT2D eigenvalue weighted by molar-refractivity contribution is 0.0897. The van der Waals surface area contributed by atoms with E-state index in [-0.39, 0.29) is 11.4 Å². The zero-order valence-corrected chi connectivity index (χ0v) is 12.2. The van der Waals surface area contributed by atoms with Crippen molar-refractivity contribution in [1.29, 1.82) is 0 Å². The highest BCUT2D eigenvalue weighted by atomic mass is 16.1. The van der Waals surface area contributed by atoms with Gasteiger partial charge in [-0.1, -0.05) is 6.07 Å². The maximum atomic E-state index is 12.5. The van der Waals surface area contributed by atoms with E-state index in [4.69, 9.17) is 5.73 Å². The smallest absolute Gasteiger partial charge is 0.251 e. The molecule has 1 fully saturated rings. The second-order valence-corrected chi connectivity index (χ2v) is 6.54. The summed E-state index contributed by atoms with van der Waals surface area (Å²) < 4.78 is 0. The predicted octanol–water partition coefficient (Wildman–Crippen LogP) is 2.42. The molecule has 0 spiro atoms. The third-order valence-electron chi connectivity index (χ3n) is 4.91.